The smallest absolute Gasteiger partial charge is 0.256 e. The molecule has 1 atom stereocenters. The molecular weight excluding hydrogens is 314 g/mol. The lowest BCUT2D eigenvalue weighted by Gasteiger charge is -2.12. The SMILES string of the molecule is CCc1cc(-c2ccccn2)nc2c(C(=O)NC(C)C3CC3)cnn12. The average molecular weight is 335 g/mol. The zero-order valence-corrected chi connectivity index (χ0v) is 14.4. The van der Waals surface area contributed by atoms with Crippen LogP contribution in [0.15, 0.2) is 36.7 Å². The molecule has 0 saturated heterocycles. The monoisotopic (exact) mass is 335 g/mol. The maximum Gasteiger partial charge on any atom is 0.256 e. The first-order valence-electron chi connectivity index (χ1n) is 8.77. The number of hydrogen-bond acceptors (Lipinski definition) is 4. The van der Waals surface area contributed by atoms with Gasteiger partial charge in [0.2, 0.25) is 0 Å². The summed E-state index contributed by atoms with van der Waals surface area (Å²) in [6.07, 6.45) is 6.53. The Morgan fingerprint density at radius 3 is 2.88 bits per heavy atom. The third-order valence-electron chi connectivity index (χ3n) is 4.77. The van der Waals surface area contributed by atoms with Crippen molar-refractivity contribution >= 4 is 11.6 Å². The van der Waals surface area contributed by atoms with E-state index in [4.69, 9.17) is 0 Å². The highest BCUT2D eigenvalue weighted by atomic mass is 16.1. The zero-order valence-electron chi connectivity index (χ0n) is 14.4. The standard InChI is InChI=1S/C19H21N5O/c1-3-14-10-17(16-6-4-5-9-20-16)23-18-15(11-21-24(14)18)19(25)22-12(2)13-7-8-13/h4-6,9-13H,3,7-8H2,1-2H3,(H,22,25). The summed E-state index contributed by atoms with van der Waals surface area (Å²) >= 11 is 0. The molecule has 6 nitrogen and oxygen atoms in total. The highest BCUT2D eigenvalue weighted by Gasteiger charge is 2.30. The molecule has 1 aliphatic carbocycles. The van der Waals surface area contributed by atoms with Gasteiger partial charge in [-0.2, -0.15) is 5.10 Å². The molecule has 1 fully saturated rings. The van der Waals surface area contributed by atoms with Crippen molar-refractivity contribution < 1.29 is 4.79 Å². The number of nitrogens with one attached hydrogen (secondary N) is 1. The lowest BCUT2D eigenvalue weighted by molar-refractivity contribution is 0.0937. The number of aromatic nitrogens is 4. The number of pyridine rings is 1. The quantitative estimate of drug-likeness (QED) is 0.778. The summed E-state index contributed by atoms with van der Waals surface area (Å²) in [4.78, 5) is 21.7. The molecular formula is C19H21N5O. The molecule has 0 aliphatic heterocycles. The van der Waals surface area contributed by atoms with Crippen molar-refractivity contribution in [3.63, 3.8) is 0 Å². The van der Waals surface area contributed by atoms with Crippen molar-refractivity contribution in [2.45, 2.75) is 39.2 Å². The van der Waals surface area contributed by atoms with Crippen LogP contribution in [0.5, 0.6) is 0 Å². The van der Waals surface area contributed by atoms with Crippen molar-refractivity contribution in [3.05, 3.63) is 47.9 Å². The van der Waals surface area contributed by atoms with Crippen LogP contribution in [0.1, 0.15) is 42.7 Å². The fraction of sp³-hybridized carbons (Fsp3) is 0.368. The molecule has 3 aromatic heterocycles. The minimum absolute atomic E-state index is 0.109. The molecule has 128 valence electrons. The van der Waals surface area contributed by atoms with Crippen molar-refractivity contribution in [1.82, 2.24) is 24.9 Å². The van der Waals surface area contributed by atoms with Gasteiger partial charge in [-0.1, -0.05) is 13.0 Å². The lowest BCUT2D eigenvalue weighted by Crippen LogP contribution is -2.34. The second-order valence-corrected chi connectivity index (χ2v) is 6.59. The Morgan fingerprint density at radius 1 is 1.36 bits per heavy atom. The molecule has 0 bridgehead atoms. The largest absolute Gasteiger partial charge is 0.349 e. The van der Waals surface area contributed by atoms with Crippen LogP contribution in [0, 0.1) is 5.92 Å². The lowest BCUT2D eigenvalue weighted by atomic mass is 10.2. The van der Waals surface area contributed by atoms with Crippen molar-refractivity contribution in [1.29, 1.82) is 0 Å². The van der Waals surface area contributed by atoms with Gasteiger partial charge in [-0.3, -0.25) is 9.78 Å². The van der Waals surface area contributed by atoms with E-state index in [9.17, 15) is 4.79 Å². The van der Waals surface area contributed by atoms with Crippen molar-refractivity contribution in [2.24, 2.45) is 5.92 Å². The maximum atomic E-state index is 12.7. The van der Waals surface area contributed by atoms with Crippen LogP contribution in [0.3, 0.4) is 0 Å². The van der Waals surface area contributed by atoms with Crippen LogP contribution in [-0.4, -0.2) is 31.5 Å². The Morgan fingerprint density at radius 2 is 2.20 bits per heavy atom. The number of carbonyl (C=O) groups is 1. The first-order valence-corrected chi connectivity index (χ1v) is 8.77. The summed E-state index contributed by atoms with van der Waals surface area (Å²) in [6, 6.07) is 7.90. The third-order valence-corrected chi connectivity index (χ3v) is 4.77. The summed E-state index contributed by atoms with van der Waals surface area (Å²) < 4.78 is 1.75. The van der Waals surface area contributed by atoms with E-state index in [1.165, 1.54) is 12.8 Å². The number of nitrogens with zero attached hydrogens (tertiary/aromatic N) is 4. The number of rotatable bonds is 5. The molecule has 3 aromatic rings. The second kappa shape index (κ2) is 6.27. The molecule has 3 heterocycles. The van der Waals surface area contributed by atoms with E-state index in [0.717, 1.165) is 23.5 Å². The van der Waals surface area contributed by atoms with Crippen LogP contribution in [-0.2, 0) is 6.42 Å². The fourth-order valence-electron chi connectivity index (χ4n) is 3.08. The summed E-state index contributed by atoms with van der Waals surface area (Å²) in [7, 11) is 0. The van der Waals surface area contributed by atoms with Gasteiger partial charge < -0.3 is 5.32 Å². The van der Waals surface area contributed by atoms with Crippen LogP contribution in [0.25, 0.3) is 17.0 Å². The molecule has 1 amide bonds. The minimum Gasteiger partial charge on any atom is -0.349 e. The molecule has 0 radical (unpaired) electrons. The molecule has 25 heavy (non-hydrogen) atoms. The Hall–Kier alpha value is -2.76. The highest BCUT2D eigenvalue weighted by molar-refractivity contribution is 6.00. The molecule has 1 unspecified atom stereocenters. The van der Waals surface area contributed by atoms with Gasteiger partial charge in [0, 0.05) is 17.9 Å². The van der Waals surface area contributed by atoms with Gasteiger partial charge in [0.15, 0.2) is 5.65 Å². The first kappa shape index (κ1) is 15.7. The van der Waals surface area contributed by atoms with Crippen LogP contribution < -0.4 is 5.32 Å². The number of fused-ring (bicyclic) bond motifs is 1. The van der Waals surface area contributed by atoms with Gasteiger partial charge in [-0.05, 0) is 50.3 Å². The van der Waals surface area contributed by atoms with Gasteiger partial charge in [0.1, 0.15) is 5.56 Å². The molecule has 0 spiro atoms. The number of hydrogen-bond donors (Lipinski definition) is 1. The van der Waals surface area contributed by atoms with Crippen molar-refractivity contribution in [3.8, 4) is 11.4 Å². The first-order chi connectivity index (χ1) is 12.2. The van der Waals surface area contributed by atoms with E-state index in [0.29, 0.717) is 17.1 Å². The summed E-state index contributed by atoms with van der Waals surface area (Å²) in [6.45, 7) is 4.12. The molecule has 1 aliphatic rings. The summed E-state index contributed by atoms with van der Waals surface area (Å²) in [5.41, 5.74) is 3.65. The average Bonchev–Trinajstić information content (AvgIpc) is 3.41. The van der Waals surface area contributed by atoms with Crippen LogP contribution in [0.2, 0.25) is 0 Å². The molecule has 1 saturated carbocycles. The predicted molar refractivity (Wildman–Crippen MR) is 95.2 cm³/mol. The van der Waals surface area contributed by atoms with E-state index in [2.05, 4.69) is 34.2 Å². The number of carbonyl (C=O) groups excluding carboxylic acids is 1. The predicted octanol–water partition coefficient (Wildman–Crippen LogP) is 2.88. The van der Waals surface area contributed by atoms with Crippen LogP contribution in [0.4, 0.5) is 0 Å². The minimum atomic E-state index is -0.109. The molecule has 1 N–H and O–H groups in total. The van der Waals surface area contributed by atoms with Gasteiger partial charge in [-0.25, -0.2) is 9.50 Å². The normalized spacial score (nSPS) is 15.3. The third kappa shape index (κ3) is 2.99. The molecule has 0 aromatic carbocycles. The molecule has 4 rings (SSSR count). The van der Waals surface area contributed by atoms with Gasteiger partial charge >= 0.3 is 0 Å². The van der Waals surface area contributed by atoms with Gasteiger partial charge in [0.25, 0.3) is 5.91 Å². The van der Waals surface area contributed by atoms with E-state index in [1.54, 1.807) is 16.9 Å². The Balaban J connectivity index is 1.76. The van der Waals surface area contributed by atoms with Gasteiger partial charge in [0.05, 0.1) is 17.6 Å². The zero-order chi connectivity index (χ0) is 17.4. The second-order valence-electron chi connectivity index (χ2n) is 6.59. The van der Waals surface area contributed by atoms with E-state index >= 15 is 0 Å². The Bertz CT molecular complexity index is 914. The van der Waals surface area contributed by atoms with Gasteiger partial charge in [-0.15, -0.1) is 0 Å². The number of amides is 1. The topological polar surface area (TPSA) is 72.2 Å². The fourth-order valence-corrected chi connectivity index (χ4v) is 3.08. The number of aryl methyl sites for hydroxylation is 1. The van der Waals surface area contributed by atoms with Crippen molar-refractivity contribution in [2.75, 3.05) is 0 Å². The molecule has 6 heteroatoms. The van der Waals surface area contributed by atoms with E-state index in [1.807, 2.05) is 24.3 Å². The maximum absolute atomic E-state index is 12.7. The van der Waals surface area contributed by atoms with Crippen LogP contribution >= 0.6 is 0 Å². The Labute approximate surface area is 146 Å². The summed E-state index contributed by atoms with van der Waals surface area (Å²) in [5.74, 6) is 0.496. The Kier molecular flexibility index (Phi) is 3.95. The van der Waals surface area contributed by atoms with E-state index in [-0.39, 0.29) is 11.9 Å². The van der Waals surface area contributed by atoms with E-state index < -0.39 is 0 Å². The highest BCUT2D eigenvalue weighted by Crippen LogP contribution is 2.32. The summed E-state index contributed by atoms with van der Waals surface area (Å²) in [5, 5.41) is 7.47.